The summed E-state index contributed by atoms with van der Waals surface area (Å²) in [6.07, 6.45) is 1.48. The van der Waals surface area contributed by atoms with Crippen LogP contribution in [-0.2, 0) is 0 Å². The van der Waals surface area contributed by atoms with E-state index in [-0.39, 0.29) is 55.4 Å². The number of hydrogen-bond donors (Lipinski definition) is 1. The molecule has 1 N–H and O–H groups in total. The quantitative estimate of drug-likeness (QED) is 0.792. The van der Waals surface area contributed by atoms with Gasteiger partial charge in [-0.1, -0.05) is 13.8 Å². The predicted octanol–water partition coefficient (Wildman–Crippen LogP) is 2.41. The molecule has 0 amide bonds. The Kier molecular flexibility index (Phi) is 9.60. The monoisotopic (exact) mass is 324 g/mol. The Labute approximate surface area is 123 Å². The third-order valence-electron chi connectivity index (χ3n) is 2.30. The largest absolute Gasteiger partial charge is 0.384 e. The van der Waals surface area contributed by atoms with Gasteiger partial charge in [-0.25, -0.2) is 0 Å². The van der Waals surface area contributed by atoms with Gasteiger partial charge >= 0.3 is 0 Å². The first kappa shape index (κ1) is 16.6. The first-order valence-corrected chi connectivity index (χ1v) is 4.73. The van der Waals surface area contributed by atoms with E-state index in [1.54, 1.807) is 0 Å². The summed E-state index contributed by atoms with van der Waals surface area (Å²) in [5.74, 6) is 0. The number of rotatable bonds is 4. The zero-order chi connectivity index (χ0) is 9.78. The van der Waals surface area contributed by atoms with Crippen molar-refractivity contribution in [1.82, 2.24) is 0 Å². The van der Waals surface area contributed by atoms with Crippen LogP contribution in [0.1, 0.15) is 47.5 Å². The molecule has 0 aliphatic heterocycles. The van der Waals surface area contributed by atoms with E-state index < -0.39 is 5.60 Å². The molecule has 13 heavy (non-hydrogen) atoms. The summed E-state index contributed by atoms with van der Waals surface area (Å²) < 4.78 is 0. The van der Waals surface area contributed by atoms with Crippen molar-refractivity contribution in [3.8, 4) is 0 Å². The average molecular weight is 323 g/mol. The van der Waals surface area contributed by atoms with Crippen LogP contribution in [0.15, 0.2) is 4.99 Å². The number of nitrogens with zero attached hydrogens (tertiary/aromatic N) is 1. The summed E-state index contributed by atoms with van der Waals surface area (Å²) >= 11 is 0. The molecule has 0 rings (SSSR count). The molecule has 1 radical (unpaired) electrons. The van der Waals surface area contributed by atoms with Crippen molar-refractivity contribution in [3.63, 3.8) is 0 Å². The molecule has 0 aromatic rings. The van der Waals surface area contributed by atoms with E-state index in [4.69, 9.17) is 0 Å². The number of aliphatic imine (C=N–C) groups is 1. The van der Waals surface area contributed by atoms with Crippen molar-refractivity contribution in [2.75, 3.05) is 0 Å². The van der Waals surface area contributed by atoms with Crippen LogP contribution >= 0.6 is 0 Å². The van der Waals surface area contributed by atoms with Gasteiger partial charge in [-0.05, 0) is 33.6 Å². The first-order valence-electron chi connectivity index (χ1n) is 4.73. The second-order valence-corrected chi connectivity index (χ2v) is 3.55. The van der Waals surface area contributed by atoms with Gasteiger partial charge in [0.15, 0.2) is 0 Å². The van der Waals surface area contributed by atoms with Gasteiger partial charge in [-0.2, -0.15) is 0 Å². The molecule has 0 aliphatic rings. The zero-order valence-electron chi connectivity index (χ0n) is 9.26. The Hall–Kier alpha value is 1.21. The standard InChI is InChI=1S/C10H21NO.Eu/c1-6-10(12,7-2)9(5)11-8(3)4;/h8,12H,6-7H2,1-5H3;. The van der Waals surface area contributed by atoms with E-state index >= 15 is 0 Å². The Morgan fingerprint density at radius 3 is 1.92 bits per heavy atom. The Balaban J connectivity index is 0. The van der Waals surface area contributed by atoms with Crippen molar-refractivity contribution in [3.05, 3.63) is 0 Å². The van der Waals surface area contributed by atoms with Crippen molar-refractivity contribution in [2.45, 2.75) is 59.1 Å². The Bertz CT molecular complexity index is 162. The van der Waals surface area contributed by atoms with Crippen LogP contribution in [0.2, 0.25) is 0 Å². The van der Waals surface area contributed by atoms with Crippen LogP contribution < -0.4 is 0 Å². The van der Waals surface area contributed by atoms with Crippen LogP contribution in [0, 0.1) is 49.4 Å². The Morgan fingerprint density at radius 1 is 1.31 bits per heavy atom. The van der Waals surface area contributed by atoms with Crippen LogP contribution in [-0.4, -0.2) is 22.5 Å². The molecule has 0 fully saturated rings. The molecule has 2 nitrogen and oxygen atoms in total. The minimum Gasteiger partial charge on any atom is -0.384 e. The van der Waals surface area contributed by atoms with Crippen LogP contribution in [0.5, 0.6) is 0 Å². The van der Waals surface area contributed by atoms with E-state index in [1.807, 2.05) is 34.6 Å². The first-order chi connectivity index (χ1) is 5.46. The smallest absolute Gasteiger partial charge is 0.101 e. The van der Waals surface area contributed by atoms with E-state index in [0.717, 1.165) is 18.6 Å². The molecule has 3 heteroatoms. The fraction of sp³-hybridized carbons (Fsp3) is 0.900. The minimum absolute atomic E-state index is 0. The van der Waals surface area contributed by atoms with E-state index in [0.29, 0.717) is 0 Å². The fourth-order valence-electron chi connectivity index (χ4n) is 1.27. The summed E-state index contributed by atoms with van der Waals surface area (Å²) in [5.41, 5.74) is 0.187. The molecule has 0 aliphatic carbocycles. The number of aliphatic hydroxyl groups is 1. The summed E-state index contributed by atoms with van der Waals surface area (Å²) in [5, 5.41) is 10.0. The maximum Gasteiger partial charge on any atom is 0.101 e. The average Bonchev–Trinajstić information content (AvgIpc) is 2.02. The van der Waals surface area contributed by atoms with Gasteiger partial charge in [0, 0.05) is 61.1 Å². The van der Waals surface area contributed by atoms with E-state index in [1.165, 1.54) is 0 Å². The maximum absolute atomic E-state index is 10.0. The Morgan fingerprint density at radius 2 is 1.69 bits per heavy atom. The molecule has 0 heterocycles. The maximum atomic E-state index is 10.0. The fourth-order valence-corrected chi connectivity index (χ4v) is 1.27. The summed E-state index contributed by atoms with van der Waals surface area (Å²) in [6.45, 7) is 9.93. The molecule has 0 saturated carbocycles. The van der Waals surface area contributed by atoms with Gasteiger partial charge < -0.3 is 5.11 Å². The SMILES string of the molecule is CCC(O)(CC)C(C)=NC(C)C.[Eu]. The van der Waals surface area contributed by atoms with Gasteiger partial charge in [0.2, 0.25) is 0 Å². The number of hydrogen-bond acceptors (Lipinski definition) is 2. The second-order valence-electron chi connectivity index (χ2n) is 3.55. The van der Waals surface area contributed by atoms with Gasteiger partial charge in [-0.15, -0.1) is 0 Å². The topological polar surface area (TPSA) is 32.6 Å². The third kappa shape index (κ3) is 5.61. The molecule has 0 unspecified atom stereocenters. The van der Waals surface area contributed by atoms with Crippen molar-refractivity contribution >= 4 is 5.71 Å². The summed E-state index contributed by atoms with van der Waals surface area (Å²) in [7, 11) is 0. The molecular weight excluding hydrogens is 302 g/mol. The third-order valence-corrected chi connectivity index (χ3v) is 2.30. The van der Waals surface area contributed by atoms with Crippen LogP contribution in [0.4, 0.5) is 0 Å². The van der Waals surface area contributed by atoms with Crippen LogP contribution in [0.25, 0.3) is 0 Å². The summed E-state index contributed by atoms with van der Waals surface area (Å²) in [4.78, 5) is 4.36. The van der Waals surface area contributed by atoms with Crippen molar-refractivity contribution in [2.24, 2.45) is 4.99 Å². The molecule has 0 aromatic heterocycles. The summed E-state index contributed by atoms with van der Waals surface area (Å²) in [6, 6.07) is 0.273. The van der Waals surface area contributed by atoms with E-state index in [9.17, 15) is 5.11 Å². The zero-order valence-corrected chi connectivity index (χ0v) is 11.7. The van der Waals surface area contributed by atoms with Crippen LogP contribution in [0.3, 0.4) is 0 Å². The van der Waals surface area contributed by atoms with Crippen molar-refractivity contribution in [1.29, 1.82) is 0 Å². The minimum atomic E-state index is -0.676. The van der Waals surface area contributed by atoms with Gasteiger partial charge in [0.25, 0.3) is 0 Å². The second kappa shape index (κ2) is 7.50. The van der Waals surface area contributed by atoms with E-state index in [2.05, 4.69) is 4.99 Å². The normalized spacial score (nSPS) is 13.0. The van der Waals surface area contributed by atoms with Gasteiger partial charge in [-0.3, -0.25) is 4.99 Å². The molecule has 0 aromatic carbocycles. The van der Waals surface area contributed by atoms with Gasteiger partial charge in [0.05, 0.1) is 0 Å². The molecule has 0 spiro atoms. The van der Waals surface area contributed by atoms with Gasteiger partial charge in [0.1, 0.15) is 5.60 Å². The van der Waals surface area contributed by atoms with Crippen molar-refractivity contribution < 1.29 is 54.5 Å². The molecule has 0 atom stereocenters. The molecular formula is C10H21EuNO. The predicted molar refractivity (Wildman–Crippen MR) is 53.8 cm³/mol. The molecule has 0 bridgehead atoms. The molecule has 79 valence electrons. The molecule has 0 saturated heterocycles.